The molecule has 1 radical (unpaired) electrons. The van der Waals surface area contributed by atoms with Crippen molar-refractivity contribution in [3.8, 4) is 12.3 Å². The minimum Gasteiger partial charge on any atom is -0.142 e. The van der Waals surface area contributed by atoms with Gasteiger partial charge in [0.2, 0.25) is 0 Å². The van der Waals surface area contributed by atoms with Crippen LogP contribution >= 0.6 is 11.8 Å². The van der Waals surface area contributed by atoms with Crippen LogP contribution < -0.4 is 0 Å². The summed E-state index contributed by atoms with van der Waals surface area (Å²) in [6.07, 6.45) is 8.71. The van der Waals surface area contributed by atoms with Crippen LogP contribution in [-0.2, 0) is 0 Å². The maximum atomic E-state index is 5.11. The zero-order chi connectivity index (χ0) is 5.91. The SMILES string of the molecule is C#CC(C)(C)S[CH2]. The molecule has 0 aromatic rings. The van der Waals surface area contributed by atoms with Crippen LogP contribution in [0.15, 0.2) is 0 Å². The monoisotopic (exact) mass is 113 g/mol. The molecule has 0 aliphatic carbocycles. The molecule has 7 heavy (non-hydrogen) atoms. The second-order valence-corrected chi connectivity index (χ2v) is 3.11. The van der Waals surface area contributed by atoms with Crippen LogP contribution in [0, 0.1) is 18.6 Å². The number of hydrogen-bond acceptors (Lipinski definition) is 1. The van der Waals surface area contributed by atoms with Crippen molar-refractivity contribution in [3.05, 3.63) is 6.26 Å². The maximum Gasteiger partial charge on any atom is 0.0706 e. The van der Waals surface area contributed by atoms with Gasteiger partial charge in [-0.15, -0.1) is 18.2 Å². The van der Waals surface area contributed by atoms with Crippen LogP contribution in [0.1, 0.15) is 13.8 Å². The van der Waals surface area contributed by atoms with Gasteiger partial charge in [-0.1, -0.05) is 5.92 Å². The molecule has 0 saturated carbocycles. The second-order valence-electron chi connectivity index (χ2n) is 1.80. The first-order chi connectivity index (χ1) is 3.12. The average molecular weight is 113 g/mol. The molecular weight excluding hydrogens is 104 g/mol. The fourth-order valence-electron chi connectivity index (χ4n) is 0.0417. The number of terminal acetylenes is 1. The summed E-state index contributed by atoms with van der Waals surface area (Å²) in [5.41, 5.74) is 0. The highest BCUT2D eigenvalue weighted by Crippen LogP contribution is 2.20. The van der Waals surface area contributed by atoms with Crippen LogP contribution in [0.25, 0.3) is 0 Å². The van der Waals surface area contributed by atoms with Crippen LogP contribution in [0.5, 0.6) is 0 Å². The van der Waals surface area contributed by atoms with Crippen molar-refractivity contribution in [3.63, 3.8) is 0 Å². The summed E-state index contributed by atoms with van der Waals surface area (Å²) >= 11 is 1.44. The third-order valence-electron chi connectivity index (χ3n) is 0.708. The van der Waals surface area contributed by atoms with Crippen LogP contribution in [0.2, 0.25) is 0 Å². The molecule has 0 unspecified atom stereocenters. The van der Waals surface area contributed by atoms with E-state index in [1.54, 1.807) is 0 Å². The van der Waals surface area contributed by atoms with E-state index in [1.165, 1.54) is 11.8 Å². The molecule has 0 rings (SSSR count). The Bertz CT molecular complexity index is 86.8. The first kappa shape index (κ1) is 6.91. The van der Waals surface area contributed by atoms with Crippen molar-refractivity contribution in [2.75, 3.05) is 0 Å². The summed E-state index contributed by atoms with van der Waals surface area (Å²) in [4.78, 5) is 0. The van der Waals surface area contributed by atoms with Gasteiger partial charge >= 0.3 is 0 Å². The Balaban J connectivity index is 3.66. The van der Waals surface area contributed by atoms with E-state index >= 15 is 0 Å². The highest BCUT2D eigenvalue weighted by Gasteiger charge is 2.08. The molecule has 0 aromatic heterocycles. The maximum absolute atomic E-state index is 5.11. The average Bonchev–Trinajstić information content (AvgIpc) is 1.68. The summed E-state index contributed by atoms with van der Waals surface area (Å²) in [5, 5.41) is 0. The van der Waals surface area contributed by atoms with Gasteiger partial charge in [-0.3, -0.25) is 0 Å². The van der Waals surface area contributed by atoms with Gasteiger partial charge in [0.1, 0.15) is 0 Å². The largest absolute Gasteiger partial charge is 0.142 e. The quantitative estimate of drug-likeness (QED) is 0.468. The predicted octanol–water partition coefficient (Wildman–Crippen LogP) is 1.92. The molecule has 0 aromatic carbocycles. The van der Waals surface area contributed by atoms with E-state index in [0.717, 1.165) is 0 Å². The molecule has 0 amide bonds. The van der Waals surface area contributed by atoms with Crippen molar-refractivity contribution in [1.29, 1.82) is 0 Å². The highest BCUT2D eigenvalue weighted by atomic mass is 32.2. The lowest BCUT2D eigenvalue weighted by Crippen LogP contribution is -2.07. The van der Waals surface area contributed by atoms with Crippen molar-refractivity contribution in [1.82, 2.24) is 0 Å². The van der Waals surface area contributed by atoms with Gasteiger partial charge in [-0.05, 0) is 13.8 Å². The highest BCUT2D eigenvalue weighted by molar-refractivity contribution is 8.01. The molecule has 0 aliphatic heterocycles. The molecule has 39 valence electrons. The Kier molecular flexibility index (Phi) is 2.25. The molecule has 0 saturated heterocycles. The molecule has 0 fully saturated rings. The summed E-state index contributed by atoms with van der Waals surface area (Å²) < 4.78 is -0.0833. The Hall–Kier alpha value is -0.0900. The van der Waals surface area contributed by atoms with Crippen LogP contribution in [0.3, 0.4) is 0 Å². The first-order valence-electron chi connectivity index (χ1n) is 2.03. The fraction of sp³-hybridized carbons (Fsp3) is 0.500. The summed E-state index contributed by atoms with van der Waals surface area (Å²) in [5.74, 6) is 2.59. The zero-order valence-corrected chi connectivity index (χ0v) is 5.51. The Morgan fingerprint density at radius 2 is 2.14 bits per heavy atom. The lowest BCUT2D eigenvalue weighted by molar-refractivity contribution is 0.940. The minimum atomic E-state index is -0.0833. The topological polar surface area (TPSA) is 0 Å². The predicted molar refractivity (Wildman–Crippen MR) is 35.9 cm³/mol. The summed E-state index contributed by atoms with van der Waals surface area (Å²) in [6.45, 7) is 3.93. The third kappa shape index (κ3) is 2.59. The van der Waals surface area contributed by atoms with E-state index in [-0.39, 0.29) is 4.75 Å². The molecule has 0 atom stereocenters. The Morgan fingerprint density at radius 1 is 1.71 bits per heavy atom. The Labute approximate surface area is 49.7 Å². The van der Waals surface area contributed by atoms with E-state index in [9.17, 15) is 0 Å². The molecule has 0 nitrogen and oxygen atoms in total. The smallest absolute Gasteiger partial charge is 0.0706 e. The van der Waals surface area contributed by atoms with Gasteiger partial charge in [-0.2, -0.15) is 0 Å². The molecule has 0 spiro atoms. The molecule has 1 heteroatoms. The normalized spacial score (nSPS) is 10.6. The number of thioether (sulfide) groups is 1. The third-order valence-corrected chi connectivity index (χ3v) is 1.55. The van der Waals surface area contributed by atoms with Crippen molar-refractivity contribution in [2.45, 2.75) is 18.6 Å². The lowest BCUT2D eigenvalue weighted by Gasteiger charge is -2.11. The Morgan fingerprint density at radius 3 is 2.14 bits per heavy atom. The van der Waals surface area contributed by atoms with Crippen molar-refractivity contribution < 1.29 is 0 Å². The number of rotatable bonds is 1. The molecule has 0 bridgehead atoms. The van der Waals surface area contributed by atoms with Gasteiger partial charge in [0.15, 0.2) is 0 Å². The second kappa shape index (κ2) is 2.28. The standard InChI is InChI=1S/C6H9S/c1-5-6(2,3)7-4/h1H,4H2,2-3H3. The van der Waals surface area contributed by atoms with Gasteiger partial charge in [0.05, 0.1) is 4.75 Å². The van der Waals surface area contributed by atoms with E-state index in [1.807, 2.05) is 13.8 Å². The van der Waals surface area contributed by atoms with E-state index in [2.05, 4.69) is 12.2 Å². The van der Waals surface area contributed by atoms with Crippen LogP contribution in [-0.4, -0.2) is 4.75 Å². The van der Waals surface area contributed by atoms with Gasteiger partial charge < -0.3 is 0 Å². The zero-order valence-electron chi connectivity index (χ0n) is 4.69. The van der Waals surface area contributed by atoms with Crippen molar-refractivity contribution >= 4 is 11.8 Å². The van der Waals surface area contributed by atoms with E-state index in [4.69, 9.17) is 6.42 Å². The fourth-order valence-corrected chi connectivity index (χ4v) is 0.125. The van der Waals surface area contributed by atoms with E-state index in [0.29, 0.717) is 0 Å². The van der Waals surface area contributed by atoms with E-state index < -0.39 is 0 Å². The van der Waals surface area contributed by atoms with Gasteiger partial charge in [0, 0.05) is 6.26 Å². The molecule has 0 heterocycles. The minimum absolute atomic E-state index is 0.0833. The van der Waals surface area contributed by atoms with Crippen molar-refractivity contribution in [2.24, 2.45) is 0 Å². The molecule has 0 N–H and O–H groups in total. The van der Waals surface area contributed by atoms with Crippen LogP contribution in [0.4, 0.5) is 0 Å². The number of hydrogen-bond donors (Lipinski definition) is 0. The molecular formula is C6H9S. The van der Waals surface area contributed by atoms with Gasteiger partial charge in [-0.25, -0.2) is 0 Å². The van der Waals surface area contributed by atoms with Gasteiger partial charge in [0.25, 0.3) is 0 Å². The first-order valence-corrected chi connectivity index (χ1v) is 3.02. The summed E-state index contributed by atoms with van der Waals surface area (Å²) in [6, 6.07) is 0. The summed E-state index contributed by atoms with van der Waals surface area (Å²) in [7, 11) is 0. The molecule has 0 aliphatic rings. The lowest BCUT2D eigenvalue weighted by atomic mass is 10.2.